The van der Waals surface area contributed by atoms with Crippen molar-refractivity contribution in [3.8, 4) is 0 Å². The molecule has 0 unspecified atom stereocenters. The van der Waals surface area contributed by atoms with E-state index in [2.05, 4.69) is 12.2 Å². The van der Waals surface area contributed by atoms with Crippen molar-refractivity contribution in [2.75, 3.05) is 6.54 Å². The molecule has 0 aliphatic rings. The summed E-state index contributed by atoms with van der Waals surface area (Å²) in [5.74, 6) is 0.116. The first-order valence-corrected chi connectivity index (χ1v) is 5.57. The van der Waals surface area contributed by atoms with Crippen molar-refractivity contribution in [3.05, 3.63) is 24.2 Å². The van der Waals surface area contributed by atoms with E-state index in [0.717, 1.165) is 12.8 Å². The first-order chi connectivity index (χ1) is 7.74. The van der Waals surface area contributed by atoms with Crippen LogP contribution in [0.3, 0.4) is 0 Å². The molecule has 4 nitrogen and oxygen atoms in total. The van der Waals surface area contributed by atoms with Gasteiger partial charge in [-0.15, -0.1) is 0 Å². The van der Waals surface area contributed by atoms with Crippen molar-refractivity contribution in [2.24, 2.45) is 0 Å². The molecule has 0 radical (unpaired) electrons. The minimum absolute atomic E-state index is 0.0756. The molecule has 0 saturated heterocycles. The number of nitrogens with one attached hydrogen (secondary N) is 1. The fourth-order valence-electron chi connectivity index (χ4n) is 1.28. The van der Waals surface area contributed by atoms with Crippen LogP contribution in [-0.4, -0.2) is 18.2 Å². The van der Waals surface area contributed by atoms with E-state index in [0.29, 0.717) is 12.3 Å². The average molecular weight is 223 g/mol. The van der Waals surface area contributed by atoms with Gasteiger partial charge >= 0.3 is 0 Å². The highest BCUT2D eigenvalue weighted by atomic mass is 16.3. The van der Waals surface area contributed by atoms with Crippen LogP contribution in [0, 0.1) is 0 Å². The number of carbonyl (C=O) groups is 2. The van der Waals surface area contributed by atoms with Gasteiger partial charge in [-0.25, -0.2) is 0 Å². The largest absolute Gasteiger partial charge is 0.461 e. The van der Waals surface area contributed by atoms with Crippen LogP contribution in [0.4, 0.5) is 0 Å². The summed E-state index contributed by atoms with van der Waals surface area (Å²) in [6, 6.07) is 3.27. The molecular weight excluding hydrogens is 206 g/mol. The zero-order chi connectivity index (χ0) is 11.8. The van der Waals surface area contributed by atoms with Crippen molar-refractivity contribution in [2.45, 2.75) is 32.6 Å². The molecule has 1 heterocycles. The number of amides is 1. The topological polar surface area (TPSA) is 59.3 Å². The SMILES string of the molecule is CCCCNC(=O)CCC(=O)c1ccco1. The van der Waals surface area contributed by atoms with Gasteiger partial charge in [0.05, 0.1) is 6.26 Å². The monoisotopic (exact) mass is 223 g/mol. The Bertz CT molecular complexity index is 330. The summed E-state index contributed by atoms with van der Waals surface area (Å²) in [5, 5.41) is 2.76. The smallest absolute Gasteiger partial charge is 0.220 e. The number of rotatable bonds is 7. The number of Topliss-reactive ketones (excluding diaryl/α,β-unsaturated/α-hetero) is 1. The lowest BCUT2D eigenvalue weighted by Gasteiger charge is -2.02. The predicted molar refractivity (Wildman–Crippen MR) is 60.2 cm³/mol. The van der Waals surface area contributed by atoms with Gasteiger partial charge < -0.3 is 9.73 Å². The van der Waals surface area contributed by atoms with E-state index in [1.54, 1.807) is 12.1 Å². The maximum absolute atomic E-state index is 11.5. The molecule has 1 aromatic heterocycles. The Balaban J connectivity index is 2.19. The summed E-state index contributed by atoms with van der Waals surface area (Å²) in [4.78, 5) is 22.8. The van der Waals surface area contributed by atoms with Crippen LogP contribution >= 0.6 is 0 Å². The van der Waals surface area contributed by atoms with Crippen LogP contribution in [0.1, 0.15) is 43.2 Å². The molecule has 0 aliphatic carbocycles. The summed E-state index contributed by atoms with van der Waals surface area (Å²) in [6.45, 7) is 2.75. The van der Waals surface area contributed by atoms with Gasteiger partial charge in [0.25, 0.3) is 0 Å². The fourth-order valence-corrected chi connectivity index (χ4v) is 1.28. The molecule has 0 atom stereocenters. The molecule has 4 heteroatoms. The van der Waals surface area contributed by atoms with E-state index < -0.39 is 0 Å². The lowest BCUT2D eigenvalue weighted by Crippen LogP contribution is -2.24. The molecule has 1 aromatic rings. The molecule has 1 amide bonds. The van der Waals surface area contributed by atoms with Gasteiger partial charge in [-0.3, -0.25) is 9.59 Å². The Morgan fingerprint density at radius 1 is 1.38 bits per heavy atom. The number of ketones is 1. The zero-order valence-electron chi connectivity index (χ0n) is 9.49. The highest BCUT2D eigenvalue weighted by Crippen LogP contribution is 2.05. The van der Waals surface area contributed by atoms with Crippen LogP contribution in [-0.2, 0) is 4.79 Å². The van der Waals surface area contributed by atoms with Crippen LogP contribution < -0.4 is 5.32 Å². The fraction of sp³-hybridized carbons (Fsp3) is 0.500. The van der Waals surface area contributed by atoms with Gasteiger partial charge in [-0.2, -0.15) is 0 Å². The Kier molecular flexibility index (Phi) is 5.32. The van der Waals surface area contributed by atoms with Crippen molar-refractivity contribution >= 4 is 11.7 Å². The van der Waals surface area contributed by atoms with E-state index >= 15 is 0 Å². The normalized spacial score (nSPS) is 10.1. The van der Waals surface area contributed by atoms with E-state index in [-0.39, 0.29) is 24.5 Å². The third-order valence-electron chi connectivity index (χ3n) is 2.23. The predicted octanol–water partition coefficient (Wildman–Crippen LogP) is 2.16. The van der Waals surface area contributed by atoms with E-state index in [1.165, 1.54) is 6.26 Å². The second kappa shape index (κ2) is 6.82. The lowest BCUT2D eigenvalue weighted by atomic mass is 10.2. The van der Waals surface area contributed by atoms with Gasteiger partial charge in [0, 0.05) is 19.4 Å². The summed E-state index contributed by atoms with van der Waals surface area (Å²) in [5.41, 5.74) is 0. The molecular formula is C12H17NO3. The first-order valence-electron chi connectivity index (χ1n) is 5.57. The van der Waals surface area contributed by atoms with Crippen LogP contribution in [0.5, 0.6) is 0 Å². The second-order valence-electron chi connectivity index (χ2n) is 3.60. The molecule has 88 valence electrons. The van der Waals surface area contributed by atoms with Gasteiger partial charge in [0.2, 0.25) is 5.91 Å². The molecule has 16 heavy (non-hydrogen) atoms. The van der Waals surface area contributed by atoms with E-state index in [1.807, 2.05) is 0 Å². The van der Waals surface area contributed by atoms with Crippen molar-refractivity contribution in [1.82, 2.24) is 5.32 Å². The van der Waals surface area contributed by atoms with Crippen molar-refractivity contribution in [3.63, 3.8) is 0 Å². The first kappa shape index (κ1) is 12.5. The summed E-state index contributed by atoms with van der Waals surface area (Å²) in [6.07, 6.45) is 3.90. The minimum atomic E-state index is -0.129. The summed E-state index contributed by atoms with van der Waals surface area (Å²) < 4.78 is 4.94. The zero-order valence-corrected chi connectivity index (χ0v) is 9.49. The molecule has 0 bridgehead atoms. The van der Waals surface area contributed by atoms with Crippen LogP contribution in [0.25, 0.3) is 0 Å². The molecule has 0 aliphatic heterocycles. The van der Waals surface area contributed by atoms with Gasteiger partial charge in [0.15, 0.2) is 11.5 Å². The molecule has 1 rings (SSSR count). The highest BCUT2D eigenvalue weighted by molar-refractivity contribution is 5.95. The molecule has 0 aromatic carbocycles. The minimum Gasteiger partial charge on any atom is -0.461 e. The second-order valence-corrected chi connectivity index (χ2v) is 3.60. The van der Waals surface area contributed by atoms with Gasteiger partial charge in [-0.1, -0.05) is 13.3 Å². The maximum atomic E-state index is 11.5. The Morgan fingerprint density at radius 2 is 2.19 bits per heavy atom. The highest BCUT2D eigenvalue weighted by Gasteiger charge is 2.10. The number of furan rings is 1. The maximum Gasteiger partial charge on any atom is 0.220 e. The lowest BCUT2D eigenvalue weighted by molar-refractivity contribution is -0.121. The quantitative estimate of drug-likeness (QED) is 0.569. The standard InChI is InChI=1S/C12H17NO3/c1-2-3-8-13-12(15)7-6-10(14)11-5-4-9-16-11/h4-5,9H,2-3,6-8H2,1H3,(H,13,15). The number of hydrogen-bond donors (Lipinski definition) is 1. The third kappa shape index (κ3) is 4.29. The molecule has 1 N–H and O–H groups in total. The van der Waals surface area contributed by atoms with Gasteiger partial charge in [0.1, 0.15) is 0 Å². The van der Waals surface area contributed by atoms with Gasteiger partial charge in [-0.05, 0) is 18.6 Å². The van der Waals surface area contributed by atoms with E-state index in [4.69, 9.17) is 4.42 Å². The van der Waals surface area contributed by atoms with Crippen LogP contribution in [0.15, 0.2) is 22.8 Å². The third-order valence-corrected chi connectivity index (χ3v) is 2.23. The Hall–Kier alpha value is -1.58. The van der Waals surface area contributed by atoms with Crippen LogP contribution in [0.2, 0.25) is 0 Å². The summed E-state index contributed by atoms with van der Waals surface area (Å²) >= 11 is 0. The van der Waals surface area contributed by atoms with Crippen molar-refractivity contribution < 1.29 is 14.0 Å². The Morgan fingerprint density at radius 3 is 2.81 bits per heavy atom. The number of hydrogen-bond acceptors (Lipinski definition) is 3. The average Bonchev–Trinajstić information content (AvgIpc) is 2.79. The van der Waals surface area contributed by atoms with E-state index in [9.17, 15) is 9.59 Å². The Labute approximate surface area is 95.0 Å². The number of unbranched alkanes of at least 4 members (excludes halogenated alkanes) is 1. The molecule has 0 spiro atoms. The number of carbonyl (C=O) groups excluding carboxylic acids is 2. The van der Waals surface area contributed by atoms with Crippen molar-refractivity contribution in [1.29, 1.82) is 0 Å². The molecule has 0 saturated carbocycles. The molecule has 0 fully saturated rings. The summed E-state index contributed by atoms with van der Waals surface area (Å²) in [7, 11) is 0.